The largest absolute Gasteiger partial charge is 0.469 e. The van der Waals surface area contributed by atoms with Crippen molar-refractivity contribution in [3.8, 4) is 0 Å². The number of hydrogen-bond acceptors (Lipinski definition) is 3. The lowest BCUT2D eigenvalue weighted by molar-refractivity contribution is -0.0238. The molecule has 1 fully saturated rings. The van der Waals surface area contributed by atoms with Crippen LogP contribution in [0, 0.1) is 0 Å². The summed E-state index contributed by atoms with van der Waals surface area (Å²) in [5.41, 5.74) is 0. The Morgan fingerprint density at radius 3 is 2.68 bits per heavy atom. The second-order valence-electron chi connectivity index (χ2n) is 7.94. The fraction of sp³-hybridized carbons (Fsp3) is 0.778. The van der Waals surface area contributed by atoms with Crippen molar-refractivity contribution in [1.82, 2.24) is 0 Å². The summed E-state index contributed by atoms with van der Waals surface area (Å²) in [4.78, 5) is 0. The zero-order chi connectivity index (χ0) is 16.2. The highest BCUT2D eigenvalue weighted by Gasteiger charge is 2.41. The molecule has 0 spiro atoms. The highest BCUT2D eigenvalue weighted by Crippen LogP contribution is 2.39. The van der Waals surface area contributed by atoms with Crippen LogP contribution in [0.15, 0.2) is 22.8 Å². The minimum Gasteiger partial charge on any atom is -0.469 e. The monoisotopic (exact) mass is 324 g/mol. The second kappa shape index (κ2) is 7.32. The molecule has 0 aliphatic carbocycles. The van der Waals surface area contributed by atoms with Crippen LogP contribution in [0.5, 0.6) is 0 Å². The van der Waals surface area contributed by atoms with E-state index in [1.54, 1.807) is 6.26 Å². The van der Waals surface area contributed by atoms with E-state index in [0.29, 0.717) is 0 Å². The van der Waals surface area contributed by atoms with E-state index in [1.807, 2.05) is 12.1 Å². The standard InChI is InChI=1S/C18H32O3Si/c1-18(2,3)22(4,5)21-17-10-6-7-13-20-16(17)12-11-15-9-8-14-19-15/h8-9,14,16-17H,6-7,10-13H2,1-5H3/t16-,17-/m0/s1. The Morgan fingerprint density at radius 2 is 2.05 bits per heavy atom. The van der Waals surface area contributed by atoms with Gasteiger partial charge in [0.05, 0.1) is 18.5 Å². The molecule has 1 saturated heterocycles. The molecule has 0 bridgehead atoms. The lowest BCUT2D eigenvalue weighted by Crippen LogP contribution is -2.47. The van der Waals surface area contributed by atoms with Crippen LogP contribution in [-0.2, 0) is 15.6 Å². The van der Waals surface area contributed by atoms with Crippen LogP contribution in [0.4, 0.5) is 0 Å². The zero-order valence-corrected chi connectivity index (χ0v) is 15.9. The molecule has 0 saturated carbocycles. The number of ether oxygens (including phenoxy) is 1. The average Bonchev–Trinajstić information content (AvgIpc) is 2.83. The molecule has 1 aromatic rings. The Labute approximate surface area is 136 Å². The van der Waals surface area contributed by atoms with Crippen molar-refractivity contribution in [3.05, 3.63) is 24.2 Å². The van der Waals surface area contributed by atoms with Gasteiger partial charge in [-0.25, -0.2) is 0 Å². The topological polar surface area (TPSA) is 31.6 Å². The maximum Gasteiger partial charge on any atom is 0.192 e. The minimum absolute atomic E-state index is 0.196. The van der Waals surface area contributed by atoms with Crippen molar-refractivity contribution in [2.24, 2.45) is 0 Å². The Hall–Kier alpha value is -0.583. The zero-order valence-electron chi connectivity index (χ0n) is 14.9. The number of hydrogen-bond donors (Lipinski definition) is 0. The van der Waals surface area contributed by atoms with Gasteiger partial charge in [-0.15, -0.1) is 0 Å². The molecule has 1 aliphatic rings. The fourth-order valence-corrected chi connectivity index (χ4v) is 4.05. The Morgan fingerprint density at radius 1 is 1.27 bits per heavy atom. The molecular weight excluding hydrogens is 292 g/mol. The lowest BCUT2D eigenvalue weighted by atomic mass is 10.0. The van der Waals surface area contributed by atoms with Gasteiger partial charge in [-0.2, -0.15) is 0 Å². The van der Waals surface area contributed by atoms with E-state index in [1.165, 1.54) is 6.42 Å². The third-order valence-electron chi connectivity index (χ3n) is 5.14. The first-order chi connectivity index (χ1) is 10.3. The molecule has 1 aliphatic heterocycles. The molecule has 0 N–H and O–H groups in total. The van der Waals surface area contributed by atoms with Gasteiger partial charge in [0.15, 0.2) is 8.32 Å². The predicted molar refractivity (Wildman–Crippen MR) is 92.7 cm³/mol. The molecule has 22 heavy (non-hydrogen) atoms. The van der Waals surface area contributed by atoms with Gasteiger partial charge in [0.25, 0.3) is 0 Å². The first kappa shape index (κ1) is 17.8. The van der Waals surface area contributed by atoms with Gasteiger partial charge >= 0.3 is 0 Å². The Kier molecular flexibility index (Phi) is 5.92. The quantitative estimate of drug-likeness (QED) is 0.700. The smallest absolute Gasteiger partial charge is 0.192 e. The van der Waals surface area contributed by atoms with Gasteiger partial charge in [0.1, 0.15) is 5.76 Å². The maximum atomic E-state index is 6.69. The van der Waals surface area contributed by atoms with Crippen molar-refractivity contribution in [3.63, 3.8) is 0 Å². The summed E-state index contributed by atoms with van der Waals surface area (Å²) in [6, 6.07) is 3.99. The van der Waals surface area contributed by atoms with Crippen LogP contribution in [0.3, 0.4) is 0 Å². The first-order valence-electron chi connectivity index (χ1n) is 8.61. The molecular formula is C18H32O3Si. The first-order valence-corrected chi connectivity index (χ1v) is 11.5. The minimum atomic E-state index is -1.76. The summed E-state index contributed by atoms with van der Waals surface area (Å²) in [6.45, 7) is 12.4. The van der Waals surface area contributed by atoms with Crippen LogP contribution in [0.25, 0.3) is 0 Å². The molecule has 0 amide bonds. The lowest BCUT2D eigenvalue weighted by Gasteiger charge is -2.41. The van der Waals surface area contributed by atoms with E-state index in [4.69, 9.17) is 13.6 Å². The third kappa shape index (κ3) is 4.70. The fourth-order valence-electron chi connectivity index (χ4n) is 2.67. The molecule has 2 rings (SSSR count). The van der Waals surface area contributed by atoms with Crippen LogP contribution in [-0.4, -0.2) is 27.1 Å². The van der Waals surface area contributed by atoms with E-state index in [2.05, 4.69) is 33.9 Å². The second-order valence-corrected chi connectivity index (χ2v) is 12.7. The summed E-state index contributed by atoms with van der Waals surface area (Å²) in [5, 5.41) is 0.241. The van der Waals surface area contributed by atoms with Gasteiger partial charge in [0.2, 0.25) is 0 Å². The molecule has 2 heterocycles. The third-order valence-corrected chi connectivity index (χ3v) is 9.64. The Bertz CT molecular complexity index is 434. The summed E-state index contributed by atoms with van der Waals surface area (Å²) in [5.74, 6) is 1.04. The molecule has 126 valence electrons. The molecule has 0 aromatic carbocycles. The molecule has 4 heteroatoms. The number of rotatable bonds is 5. The van der Waals surface area contributed by atoms with E-state index >= 15 is 0 Å². The highest BCUT2D eigenvalue weighted by molar-refractivity contribution is 6.74. The average molecular weight is 325 g/mol. The van der Waals surface area contributed by atoms with Gasteiger partial charge in [-0.05, 0) is 55.9 Å². The van der Waals surface area contributed by atoms with Crippen molar-refractivity contribution < 1.29 is 13.6 Å². The highest BCUT2D eigenvalue weighted by atomic mass is 28.4. The van der Waals surface area contributed by atoms with Crippen LogP contribution < -0.4 is 0 Å². The maximum absolute atomic E-state index is 6.69. The van der Waals surface area contributed by atoms with Crippen molar-refractivity contribution in [2.75, 3.05) is 6.61 Å². The van der Waals surface area contributed by atoms with Gasteiger partial charge in [0, 0.05) is 13.0 Å². The predicted octanol–water partition coefficient (Wildman–Crippen LogP) is 5.17. The normalized spacial score (nSPS) is 24.2. The van der Waals surface area contributed by atoms with Gasteiger partial charge in [-0.3, -0.25) is 0 Å². The summed E-state index contributed by atoms with van der Waals surface area (Å²) < 4.78 is 18.3. The molecule has 1 aromatic heterocycles. The van der Waals surface area contributed by atoms with E-state index in [-0.39, 0.29) is 17.2 Å². The van der Waals surface area contributed by atoms with Crippen LogP contribution in [0.1, 0.15) is 52.2 Å². The van der Waals surface area contributed by atoms with E-state index in [0.717, 1.165) is 38.1 Å². The van der Waals surface area contributed by atoms with Gasteiger partial charge < -0.3 is 13.6 Å². The van der Waals surface area contributed by atoms with Crippen molar-refractivity contribution in [1.29, 1.82) is 0 Å². The van der Waals surface area contributed by atoms with Crippen molar-refractivity contribution >= 4 is 8.32 Å². The number of furan rings is 1. The Balaban J connectivity index is 2.00. The SMILES string of the molecule is CC(C)(C)[Si](C)(C)O[C@H]1CCCCO[C@H]1CCc1ccco1. The molecule has 3 nitrogen and oxygen atoms in total. The molecule has 2 atom stereocenters. The number of aryl methyl sites for hydroxylation is 1. The van der Waals surface area contributed by atoms with E-state index < -0.39 is 8.32 Å². The summed E-state index contributed by atoms with van der Waals surface area (Å²) in [7, 11) is -1.76. The molecule has 0 radical (unpaired) electrons. The van der Waals surface area contributed by atoms with Gasteiger partial charge in [-0.1, -0.05) is 20.8 Å². The van der Waals surface area contributed by atoms with Crippen LogP contribution >= 0.6 is 0 Å². The summed E-state index contributed by atoms with van der Waals surface area (Å²) in [6.07, 6.45) is 7.55. The molecule has 0 unspecified atom stereocenters. The van der Waals surface area contributed by atoms with Crippen LogP contribution in [0.2, 0.25) is 18.1 Å². The van der Waals surface area contributed by atoms with Crippen molar-refractivity contribution in [2.45, 2.75) is 83.2 Å². The van der Waals surface area contributed by atoms with E-state index in [9.17, 15) is 0 Å². The summed E-state index contributed by atoms with van der Waals surface area (Å²) >= 11 is 0.